The molecule has 3 aliphatic heterocycles. The maximum absolute atomic E-state index is 12.2. The number of rotatable bonds is 19. The zero-order valence-corrected chi connectivity index (χ0v) is 28.8. The minimum absolute atomic E-state index is 0.0174. The number of carbonyl (C=O) groups is 1. The largest absolute Gasteiger partial charge is 0.394 e. The first-order chi connectivity index (χ1) is 23.8. The number of aliphatic hydroxyl groups excluding tert-OH is 9. The van der Waals surface area contributed by atoms with Gasteiger partial charge in [-0.05, 0) is 39.7 Å². The van der Waals surface area contributed by atoms with E-state index in [4.69, 9.17) is 38.9 Å². The van der Waals surface area contributed by atoms with Gasteiger partial charge in [0.05, 0.1) is 32.5 Å². The fourth-order valence-electron chi connectivity index (χ4n) is 6.34. The van der Waals surface area contributed by atoms with Crippen LogP contribution < -0.4 is 11.1 Å². The van der Waals surface area contributed by atoms with Crippen LogP contribution in [0.15, 0.2) is 0 Å². The number of amides is 1. The number of aliphatic hydroxyl groups is 9. The minimum Gasteiger partial charge on any atom is -0.394 e. The zero-order valence-electron chi connectivity index (χ0n) is 28.8. The van der Waals surface area contributed by atoms with Crippen molar-refractivity contribution in [1.29, 1.82) is 0 Å². The normalized spacial score (nSPS) is 41.0. The van der Waals surface area contributed by atoms with Crippen LogP contribution in [0.4, 0.5) is 0 Å². The molecule has 3 heterocycles. The lowest BCUT2D eigenvalue weighted by Gasteiger charge is -2.53. The van der Waals surface area contributed by atoms with E-state index in [1.54, 1.807) is 20.8 Å². The van der Waals surface area contributed by atoms with E-state index in [0.717, 1.165) is 0 Å². The predicted molar refractivity (Wildman–Crippen MR) is 169 cm³/mol. The Balaban J connectivity index is 1.93. The van der Waals surface area contributed by atoms with Gasteiger partial charge in [0, 0.05) is 13.0 Å². The minimum atomic E-state index is -2.02. The number of hydrogen-bond donors (Lipinski definition) is 11. The molecule has 15 atom stereocenters. The Kier molecular flexibility index (Phi) is 17.5. The van der Waals surface area contributed by atoms with Crippen LogP contribution in [0.2, 0.25) is 0 Å². The van der Waals surface area contributed by atoms with Crippen LogP contribution in [-0.2, 0) is 38.0 Å². The molecule has 9 unspecified atom stereocenters. The highest BCUT2D eigenvalue weighted by Crippen LogP contribution is 2.41. The molecule has 19 nitrogen and oxygen atoms in total. The number of nitrogens with one attached hydrogen (secondary N) is 1. The van der Waals surface area contributed by atoms with Crippen LogP contribution in [-0.4, -0.2) is 189 Å². The summed E-state index contributed by atoms with van der Waals surface area (Å²) in [6.45, 7) is 3.13. The van der Waals surface area contributed by atoms with E-state index in [0.29, 0.717) is 19.4 Å². The van der Waals surface area contributed by atoms with Crippen LogP contribution in [0.3, 0.4) is 0 Å². The number of hydrogen-bond acceptors (Lipinski definition) is 18. The third-order valence-electron chi connectivity index (χ3n) is 8.98. The summed E-state index contributed by atoms with van der Waals surface area (Å²) in [4.78, 5) is 12.2. The van der Waals surface area contributed by atoms with E-state index in [-0.39, 0.29) is 38.3 Å². The third-order valence-corrected chi connectivity index (χ3v) is 8.98. The summed E-state index contributed by atoms with van der Waals surface area (Å²) in [5.41, 5.74) is 3.46. The van der Waals surface area contributed by atoms with Gasteiger partial charge in [-0.15, -0.1) is 0 Å². The van der Waals surface area contributed by atoms with E-state index >= 15 is 0 Å². The van der Waals surface area contributed by atoms with Gasteiger partial charge in [0.15, 0.2) is 24.5 Å². The molecule has 0 aromatic carbocycles. The Bertz CT molecular complexity index is 1000. The highest BCUT2D eigenvalue weighted by atomic mass is 16.8. The average Bonchev–Trinajstić information content (AvgIpc) is 3.09. The lowest BCUT2D eigenvalue weighted by Crippen LogP contribution is -2.71. The van der Waals surface area contributed by atoms with Gasteiger partial charge in [0.25, 0.3) is 0 Å². The molecule has 0 saturated carbocycles. The first kappa shape index (κ1) is 43.2. The Labute approximate surface area is 291 Å². The van der Waals surface area contributed by atoms with Crippen molar-refractivity contribution in [1.82, 2.24) is 5.32 Å². The summed E-state index contributed by atoms with van der Waals surface area (Å²) in [5, 5.41) is 98.8. The molecule has 0 radical (unpaired) electrons. The highest BCUT2D eigenvalue weighted by Gasteiger charge is 2.60. The fraction of sp³-hybridized carbons (Fsp3) is 0.968. The van der Waals surface area contributed by atoms with Gasteiger partial charge in [-0.2, -0.15) is 0 Å². The van der Waals surface area contributed by atoms with Crippen LogP contribution in [0, 0.1) is 0 Å². The van der Waals surface area contributed by atoms with Gasteiger partial charge >= 0.3 is 0 Å². The van der Waals surface area contributed by atoms with Crippen molar-refractivity contribution < 1.29 is 83.9 Å². The van der Waals surface area contributed by atoms with Gasteiger partial charge in [0.2, 0.25) is 5.91 Å². The molecule has 0 spiro atoms. The Morgan fingerprint density at radius 2 is 1.44 bits per heavy atom. The topological polar surface area (TPSA) is 302 Å². The van der Waals surface area contributed by atoms with Gasteiger partial charge < -0.3 is 90.2 Å². The molecule has 12 N–H and O–H groups in total. The van der Waals surface area contributed by atoms with E-state index in [2.05, 4.69) is 5.32 Å². The van der Waals surface area contributed by atoms with Crippen molar-refractivity contribution in [2.75, 3.05) is 39.5 Å². The standard InChI is InChI=1S/C31H58N2O17/c1-4-8-31(27(43)22(40)18(14-36)48-30(31)44-11-10-33-19(37)7-5-6-9-32)50-29-26(23(41)20(38)16(12-34)47-29)49-28-24(42)25(45-15(2)3)21(39)17(13-35)46-28/h15-18,20-30,34-36,38-43H,4-14,32H2,1-3H3,(H,33,37)/t16?,17?,18?,20-,21-,22-,23?,24?,25?,26?,27?,28+,29-,30+,31?/m1/s1. The average molecular weight is 731 g/mol. The molecule has 3 fully saturated rings. The number of unbranched alkanes of at least 4 members (excludes halogenated alkanes) is 1. The molecule has 3 aliphatic rings. The second-order valence-corrected chi connectivity index (χ2v) is 13.1. The number of nitrogens with two attached hydrogens (primary N) is 1. The van der Waals surface area contributed by atoms with Crippen molar-refractivity contribution in [3.63, 3.8) is 0 Å². The monoisotopic (exact) mass is 730 g/mol. The highest BCUT2D eigenvalue weighted by molar-refractivity contribution is 5.75. The molecule has 19 heteroatoms. The molecule has 3 saturated heterocycles. The Morgan fingerprint density at radius 1 is 0.820 bits per heavy atom. The smallest absolute Gasteiger partial charge is 0.220 e. The Morgan fingerprint density at radius 3 is 2.04 bits per heavy atom. The van der Waals surface area contributed by atoms with Gasteiger partial charge in [0.1, 0.15) is 67.1 Å². The van der Waals surface area contributed by atoms with E-state index in [1.165, 1.54) is 0 Å². The van der Waals surface area contributed by atoms with Crippen LogP contribution >= 0.6 is 0 Å². The SMILES string of the molecule is CCCC1(O[C@H]2OC(CO)[C@@H](O)C(O)C2O[C@@H]2OC(CO)[C@@H](O)C(OC(C)C)C2O)C(O)[C@H](O)C(CO)O[C@@H]1OCCNC(=O)CCCCN. The second kappa shape index (κ2) is 20.3. The molecule has 0 aromatic rings. The van der Waals surface area contributed by atoms with Gasteiger partial charge in [-0.25, -0.2) is 0 Å². The van der Waals surface area contributed by atoms with Crippen LogP contribution in [0.25, 0.3) is 0 Å². The first-order valence-corrected chi connectivity index (χ1v) is 17.2. The summed E-state index contributed by atoms with van der Waals surface area (Å²) < 4.78 is 41.3. The van der Waals surface area contributed by atoms with Gasteiger partial charge in [-0.1, -0.05) is 13.3 Å². The van der Waals surface area contributed by atoms with E-state index in [1.807, 2.05) is 0 Å². The van der Waals surface area contributed by atoms with Gasteiger partial charge in [-0.3, -0.25) is 4.79 Å². The molecular formula is C31H58N2O17. The summed E-state index contributed by atoms with van der Waals surface area (Å²) in [6.07, 6.45) is -21.2. The van der Waals surface area contributed by atoms with Crippen molar-refractivity contribution >= 4 is 5.91 Å². The quantitative estimate of drug-likeness (QED) is 0.0557. The third kappa shape index (κ3) is 10.3. The van der Waals surface area contributed by atoms with E-state index < -0.39 is 118 Å². The van der Waals surface area contributed by atoms with Crippen molar-refractivity contribution in [2.24, 2.45) is 5.73 Å². The first-order valence-electron chi connectivity index (χ1n) is 17.2. The van der Waals surface area contributed by atoms with Crippen molar-refractivity contribution in [3.8, 4) is 0 Å². The lowest BCUT2D eigenvalue weighted by atomic mass is 9.82. The van der Waals surface area contributed by atoms with E-state index in [9.17, 15) is 50.8 Å². The molecule has 50 heavy (non-hydrogen) atoms. The summed E-state index contributed by atoms with van der Waals surface area (Å²) in [5.74, 6) is -0.242. The molecule has 3 rings (SSSR count). The molecular weight excluding hydrogens is 672 g/mol. The van der Waals surface area contributed by atoms with Crippen molar-refractivity contribution in [2.45, 2.75) is 151 Å². The molecule has 294 valence electrons. The molecule has 0 bridgehead atoms. The maximum Gasteiger partial charge on any atom is 0.220 e. The number of ether oxygens (including phenoxy) is 7. The molecule has 1 amide bonds. The fourth-order valence-corrected chi connectivity index (χ4v) is 6.34. The van der Waals surface area contributed by atoms with Crippen LogP contribution in [0.5, 0.6) is 0 Å². The maximum atomic E-state index is 12.2. The molecule has 0 aromatic heterocycles. The number of carbonyl (C=O) groups excluding carboxylic acids is 1. The Hall–Kier alpha value is -1.21. The summed E-state index contributed by atoms with van der Waals surface area (Å²) in [6, 6.07) is 0. The zero-order chi connectivity index (χ0) is 37.2. The second-order valence-electron chi connectivity index (χ2n) is 13.1. The summed E-state index contributed by atoms with van der Waals surface area (Å²) >= 11 is 0. The van der Waals surface area contributed by atoms with Crippen molar-refractivity contribution in [3.05, 3.63) is 0 Å². The predicted octanol–water partition coefficient (Wildman–Crippen LogP) is -4.70. The van der Waals surface area contributed by atoms with Crippen LogP contribution in [0.1, 0.15) is 52.9 Å². The summed E-state index contributed by atoms with van der Waals surface area (Å²) in [7, 11) is 0. The lowest BCUT2D eigenvalue weighted by molar-refractivity contribution is -0.419. The molecule has 0 aliphatic carbocycles.